The van der Waals surface area contributed by atoms with Crippen molar-refractivity contribution in [2.24, 2.45) is 5.73 Å². The lowest BCUT2D eigenvalue weighted by Crippen LogP contribution is -2.23. The Balaban J connectivity index is 2.79. The first-order valence-electron chi connectivity index (χ1n) is 4.42. The highest BCUT2D eigenvalue weighted by Crippen LogP contribution is 2.12. The van der Waals surface area contributed by atoms with E-state index in [0.717, 1.165) is 13.0 Å². The van der Waals surface area contributed by atoms with Gasteiger partial charge in [0, 0.05) is 13.6 Å². The van der Waals surface area contributed by atoms with Crippen LogP contribution in [-0.2, 0) is 0 Å². The second-order valence-electron chi connectivity index (χ2n) is 2.94. The van der Waals surface area contributed by atoms with Gasteiger partial charge < -0.3 is 10.6 Å². The molecule has 0 aliphatic heterocycles. The summed E-state index contributed by atoms with van der Waals surface area (Å²) < 4.78 is 0. The maximum atomic E-state index is 8.82. The maximum Gasteiger partial charge on any atom is 0.168 e. The van der Waals surface area contributed by atoms with Gasteiger partial charge in [0.1, 0.15) is 6.07 Å². The van der Waals surface area contributed by atoms with Crippen molar-refractivity contribution in [1.82, 2.24) is 10.2 Å². The molecule has 0 bridgehead atoms. The average Bonchev–Trinajstić information content (AvgIpc) is 2.25. The second kappa shape index (κ2) is 5.14. The molecule has 14 heavy (non-hydrogen) atoms. The molecule has 0 spiro atoms. The molecule has 0 saturated heterocycles. The van der Waals surface area contributed by atoms with Gasteiger partial charge in [0.05, 0.1) is 11.8 Å². The van der Waals surface area contributed by atoms with Crippen molar-refractivity contribution in [2.45, 2.75) is 6.42 Å². The molecule has 1 aromatic heterocycles. The molecule has 0 aliphatic carbocycles. The minimum absolute atomic E-state index is 0.541. The molecular weight excluding hydrogens is 178 g/mol. The highest BCUT2D eigenvalue weighted by atomic mass is 15.2. The Morgan fingerprint density at radius 2 is 2.43 bits per heavy atom. The van der Waals surface area contributed by atoms with E-state index in [1.807, 2.05) is 11.9 Å². The first kappa shape index (κ1) is 10.4. The highest BCUT2D eigenvalue weighted by Gasteiger charge is 2.07. The molecule has 0 amide bonds. The van der Waals surface area contributed by atoms with Crippen molar-refractivity contribution in [3.63, 3.8) is 0 Å². The summed E-state index contributed by atoms with van der Waals surface area (Å²) in [6.45, 7) is 1.41. The Kier molecular flexibility index (Phi) is 3.83. The Hall–Kier alpha value is -1.67. The van der Waals surface area contributed by atoms with Crippen LogP contribution in [0.2, 0.25) is 0 Å². The smallest absolute Gasteiger partial charge is 0.168 e. The van der Waals surface area contributed by atoms with Crippen LogP contribution < -0.4 is 10.6 Å². The number of rotatable bonds is 4. The molecule has 0 saturated carbocycles. The fourth-order valence-electron chi connectivity index (χ4n) is 1.13. The Bertz CT molecular complexity index is 330. The molecular formula is C9H13N5. The third-order valence-corrected chi connectivity index (χ3v) is 1.88. The lowest BCUT2D eigenvalue weighted by molar-refractivity contribution is 0.776. The van der Waals surface area contributed by atoms with Crippen LogP contribution >= 0.6 is 0 Å². The van der Waals surface area contributed by atoms with Crippen molar-refractivity contribution in [3.8, 4) is 6.07 Å². The molecule has 0 radical (unpaired) electrons. The van der Waals surface area contributed by atoms with E-state index in [1.165, 1.54) is 6.20 Å². The molecule has 1 aromatic rings. The number of nitrogens with two attached hydrogens (primary N) is 1. The van der Waals surface area contributed by atoms with Crippen LogP contribution in [0.15, 0.2) is 12.3 Å². The van der Waals surface area contributed by atoms with Gasteiger partial charge >= 0.3 is 0 Å². The molecule has 0 unspecified atom stereocenters. The Labute approximate surface area is 83.2 Å². The molecule has 0 fully saturated rings. The largest absolute Gasteiger partial charge is 0.357 e. The Morgan fingerprint density at radius 3 is 3.07 bits per heavy atom. The van der Waals surface area contributed by atoms with E-state index in [2.05, 4.69) is 16.3 Å². The number of nitrogens with zero attached hydrogens (tertiary/aromatic N) is 4. The van der Waals surface area contributed by atoms with Gasteiger partial charge in [-0.15, -0.1) is 5.10 Å². The first-order chi connectivity index (χ1) is 6.79. The summed E-state index contributed by atoms with van der Waals surface area (Å²) in [6, 6.07) is 3.73. The monoisotopic (exact) mass is 191 g/mol. The summed E-state index contributed by atoms with van der Waals surface area (Å²) in [5.74, 6) is 0.614. The molecule has 1 heterocycles. The van der Waals surface area contributed by atoms with E-state index in [-0.39, 0.29) is 0 Å². The summed E-state index contributed by atoms with van der Waals surface area (Å²) in [5, 5.41) is 16.5. The zero-order chi connectivity index (χ0) is 10.4. The van der Waals surface area contributed by atoms with E-state index in [0.29, 0.717) is 17.9 Å². The number of nitriles is 1. The van der Waals surface area contributed by atoms with Gasteiger partial charge in [-0.2, -0.15) is 10.4 Å². The number of hydrogen-bond acceptors (Lipinski definition) is 5. The fraction of sp³-hybridized carbons (Fsp3) is 0.444. The minimum Gasteiger partial charge on any atom is -0.357 e. The van der Waals surface area contributed by atoms with Crippen LogP contribution in [0.25, 0.3) is 0 Å². The van der Waals surface area contributed by atoms with E-state index in [9.17, 15) is 0 Å². The summed E-state index contributed by atoms with van der Waals surface area (Å²) in [4.78, 5) is 1.89. The molecule has 0 aliphatic rings. The molecule has 0 aromatic carbocycles. The van der Waals surface area contributed by atoms with Crippen LogP contribution in [0.4, 0.5) is 5.82 Å². The predicted octanol–water partition coefficient (Wildman–Crippen LogP) is 0.133. The van der Waals surface area contributed by atoms with E-state index < -0.39 is 0 Å². The normalized spacial score (nSPS) is 9.50. The van der Waals surface area contributed by atoms with E-state index in [4.69, 9.17) is 11.0 Å². The van der Waals surface area contributed by atoms with Crippen LogP contribution in [-0.4, -0.2) is 30.3 Å². The zero-order valence-corrected chi connectivity index (χ0v) is 8.14. The van der Waals surface area contributed by atoms with Gasteiger partial charge in [-0.05, 0) is 19.0 Å². The standard InChI is InChI=1S/C9H13N5/c1-14(6-2-4-10)9-8(7-11)3-5-12-13-9/h3,5H,2,4,6,10H2,1H3. The summed E-state index contributed by atoms with van der Waals surface area (Å²) in [6.07, 6.45) is 2.39. The third kappa shape index (κ3) is 2.41. The van der Waals surface area contributed by atoms with Crippen molar-refractivity contribution in [3.05, 3.63) is 17.8 Å². The fourth-order valence-corrected chi connectivity index (χ4v) is 1.13. The zero-order valence-electron chi connectivity index (χ0n) is 8.14. The topological polar surface area (TPSA) is 78.8 Å². The summed E-state index contributed by atoms with van der Waals surface area (Å²) in [7, 11) is 1.88. The average molecular weight is 191 g/mol. The minimum atomic E-state index is 0.541. The van der Waals surface area contributed by atoms with Crippen molar-refractivity contribution < 1.29 is 0 Å². The van der Waals surface area contributed by atoms with Gasteiger partial charge in [-0.1, -0.05) is 0 Å². The van der Waals surface area contributed by atoms with E-state index in [1.54, 1.807) is 6.07 Å². The second-order valence-corrected chi connectivity index (χ2v) is 2.94. The Morgan fingerprint density at radius 1 is 1.64 bits per heavy atom. The third-order valence-electron chi connectivity index (χ3n) is 1.88. The van der Waals surface area contributed by atoms with Crippen LogP contribution in [0.3, 0.4) is 0 Å². The SMILES string of the molecule is CN(CCCN)c1nnccc1C#N. The first-order valence-corrected chi connectivity index (χ1v) is 4.42. The molecule has 5 heteroatoms. The number of anilines is 1. The van der Waals surface area contributed by atoms with Crippen molar-refractivity contribution in [1.29, 1.82) is 5.26 Å². The summed E-state index contributed by atoms with van der Waals surface area (Å²) in [5.41, 5.74) is 5.94. The summed E-state index contributed by atoms with van der Waals surface area (Å²) >= 11 is 0. The van der Waals surface area contributed by atoms with Gasteiger partial charge in [0.25, 0.3) is 0 Å². The predicted molar refractivity (Wildman–Crippen MR) is 53.7 cm³/mol. The quantitative estimate of drug-likeness (QED) is 0.732. The van der Waals surface area contributed by atoms with Crippen LogP contribution in [0.5, 0.6) is 0 Å². The van der Waals surface area contributed by atoms with Crippen LogP contribution in [0, 0.1) is 11.3 Å². The van der Waals surface area contributed by atoms with E-state index >= 15 is 0 Å². The van der Waals surface area contributed by atoms with Gasteiger partial charge in [0.15, 0.2) is 5.82 Å². The molecule has 0 atom stereocenters. The molecule has 74 valence electrons. The maximum absolute atomic E-state index is 8.82. The van der Waals surface area contributed by atoms with Gasteiger partial charge in [0.2, 0.25) is 0 Å². The molecule has 2 N–H and O–H groups in total. The molecule has 1 rings (SSSR count). The van der Waals surface area contributed by atoms with Crippen molar-refractivity contribution >= 4 is 5.82 Å². The number of aromatic nitrogens is 2. The lowest BCUT2D eigenvalue weighted by atomic mass is 10.3. The number of hydrogen-bond donors (Lipinski definition) is 1. The lowest BCUT2D eigenvalue weighted by Gasteiger charge is -2.17. The van der Waals surface area contributed by atoms with Crippen molar-refractivity contribution in [2.75, 3.05) is 25.0 Å². The van der Waals surface area contributed by atoms with Gasteiger partial charge in [-0.25, -0.2) is 0 Å². The van der Waals surface area contributed by atoms with Gasteiger partial charge in [-0.3, -0.25) is 0 Å². The van der Waals surface area contributed by atoms with Crippen LogP contribution in [0.1, 0.15) is 12.0 Å². The highest BCUT2D eigenvalue weighted by molar-refractivity contribution is 5.51. The molecule has 5 nitrogen and oxygen atoms in total.